The van der Waals surface area contributed by atoms with Crippen molar-refractivity contribution in [1.29, 1.82) is 5.26 Å². The average Bonchev–Trinajstić information content (AvgIpc) is 2.59. The maximum Gasteiger partial charge on any atom is 0.344 e. The fourth-order valence-electron chi connectivity index (χ4n) is 2.06. The van der Waals surface area contributed by atoms with Gasteiger partial charge in [-0.1, -0.05) is 36.0 Å². The van der Waals surface area contributed by atoms with Gasteiger partial charge < -0.3 is 9.47 Å². The molecule has 0 saturated carbocycles. The quantitative estimate of drug-likeness (QED) is 0.735. The van der Waals surface area contributed by atoms with Gasteiger partial charge in [-0.25, -0.2) is 9.59 Å². The van der Waals surface area contributed by atoms with Gasteiger partial charge in [0.1, 0.15) is 11.7 Å². The first-order valence-electron chi connectivity index (χ1n) is 7.95. The van der Waals surface area contributed by atoms with Gasteiger partial charge in [0.25, 0.3) is 0 Å². The van der Waals surface area contributed by atoms with E-state index in [1.165, 1.54) is 11.8 Å². The van der Waals surface area contributed by atoms with Gasteiger partial charge in [-0.05, 0) is 45.0 Å². The molecule has 0 aromatic heterocycles. The second-order valence-electron chi connectivity index (χ2n) is 6.37. The fourth-order valence-corrected chi connectivity index (χ4v) is 3.08. The smallest absolute Gasteiger partial charge is 0.344 e. The monoisotopic (exact) mass is 369 g/mol. The highest BCUT2D eigenvalue weighted by atomic mass is 32.2. The number of nitriles is 1. The van der Waals surface area contributed by atoms with Gasteiger partial charge in [0.05, 0.1) is 11.1 Å². The summed E-state index contributed by atoms with van der Waals surface area (Å²) in [6.07, 6.45) is 0. The molecule has 0 heterocycles. The van der Waals surface area contributed by atoms with Crippen molar-refractivity contribution in [1.82, 2.24) is 0 Å². The van der Waals surface area contributed by atoms with Crippen LogP contribution in [0.3, 0.4) is 0 Å². The standard InChI is InChI=1S/C20H19NO4S/c1-20(2,3)25-18(22)13-24-19(23)15-9-5-7-11-17(15)26-16-10-6-4-8-14(16)12-21/h4-11H,13H2,1-3H3. The van der Waals surface area contributed by atoms with Crippen molar-refractivity contribution in [2.75, 3.05) is 6.61 Å². The maximum atomic E-state index is 12.4. The molecule has 0 saturated heterocycles. The van der Waals surface area contributed by atoms with Gasteiger partial charge in [-0.2, -0.15) is 5.26 Å². The first-order chi connectivity index (χ1) is 12.3. The highest BCUT2D eigenvalue weighted by Crippen LogP contribution is 2.32. The Morgan fingerprint density at radius 3 is 2.31 bits per heavy atom. The van der Waals surface area contributed by atoms with E-state index in [-0.39, 0.29) is 0 Å². The van der Waals surface area contributed by atoms with E-state index in [0.29, 0.717) is 16.0 Å². The van der Waals surface area contributed by atoms with Crippen LogP contribution in [-0.2, 0) is 14.3 Å². The third kappa shape index (κ3) is 5.64. The predicted molar refractivity (Wildman–Crippen MR) is 97.8 cm³/mol. The van der Waals surface area contributed by atoms with E-state index in [1.807, 2.05) is 12.1 Å². The Morgan fingerprint density at radius 1 is 1.04 bits per heavy atom. The van der Waals surface area contributed by atoms with Gasteiger partial charge in [-0.15, -0.1) is 0 Å². The molecule has 2 rings (SSSR count). The van der Waals surface area contributed by atoms with E-state index >= 15 is 0 Å². The highest BCUT2D eigenvalue weighted by Gasteiger charge is 2.20. The van der Waals surface area contributed by atoms with Crippen molar-refractivity contribution in [2.45, 2.75) is 36.2 Å². The second kappa shape index (κ2) is 8.54. The van der Waals surface area contributed by atoms with Gasteiger partial charge >= 0.3 is 11.9 Å². The van der Waals surface area contributed by atoms with Crippen LogP contribution in [0.4, 0.5) is 0 Å². The highest BCUT2D eigenvalue weighted by molar-refractivity contribution is 7.99. The molecule has 0 aliphatic heterocycles. The second-order valence-corrected chi connectivity index (χ2v) is 7.45. The minimum atomic E-state index is -0.641. The van der Waals surface area contributed by atoms with Crippen molar-refractivity contribution in [3.8, 4) is 6.07 Å². The van der Waals surface area contributed by atoms with Crippen LogP contribution in [0.25, 0.3) is 0 Å². The normalized spacial score (nSPS) is 10.7. The Labute approximate surface area is 156 Å². The average molecular weight is 369 g/mol. The largest absolute Gasteiger partial charge is 0.457 e. The molecule has 0 amide bonds. The molecular formula is C20H19NO4S. The predicted octanol–water partition coefficient (Wildman–Crippen LogP) is 4.21. The molecule has 2 aromatic rings. The lowest BCUT2D eigenvalue weighted by Gasteiger charge is -2.19. The maximum absolute atomic E-state index is 12.4. The zero-order chi connectivity index (χ0) is 19.2. The van der Waals surface area contributed by atoms with E-state index in [0.717, 1.165) is 4.90 Å². The minimum absolute atomic E-state index is 0.328. The van der Waals surface area contributed by atoms with Gasteiger partial charge in [0, 0.05) is 9.79 Å². The molecule has 5 nitrogen and oxygen atoms in total. The van der Waals surface area contributed by atoms with Crippen LogP contribution in [0.1, 0.15) is 36.7 Å². The fraction of sp³-hybridized carbons (Fsp3) is 0.250. The van der Waals surface area contributed by atoms with E-state index in [4.69, 9.17) is 9.47 Å². The zero-order valence-corrected chi connectivity index (χ0v) is 15.6. The molecule has 0 N–H and O–H groups in total. The Balaban J connectivity index is 2.12. The molecule has 26 heavy (non-hydrogen) atoms. The molecule has 2 aromatic carbocycles. The van der Waals surface area contributed by atoms with Crippen LogP contribution in [0.2, 0.25) is 0 Å². The van der Waals surface area contributed by atoms with Crippen molar-refractivity contribution in [3.05, 3.63) is 59.7 Å². The van der Waals surface area contributed by atoms with Gasteiger partial charge in [0.15, 0.2) is 6.61 Å². The molecule has 6 heteroatoms. The van der Waals surface area contributed by atoms with Crippen LogP contribution < -0.4 is 0 Å². The van der Waals surface area contributed by atoms with Crippen LogP contribution in [0.15, 0.2) is 58.3 Å². The molecule has 0 unspecified atom stereocenters. The van der Waals surface area contributed by atoms with Crippen molar-refractivity contribution in [3.63, 3.8) is 0 Å². The molecule has 0 aliphatic carbocycles. The van der Waals surface area contributed by atoms with E-state index in [9.17, 15) is 14.9 Å². The summed E-state index contributed by atoms with van der Waals surface area (Å²) >= 11 is 1.30. The van der Waals surface area contributed by atoms with Crippen LogP contribution in [-0.4, -0.2) is 24.1 Å². The van der Waals surface area contributed by atoms with Crippen LogP contribution in [0.5, 0.6) is 0 Å². The van der Waals surface area contributed by atoms with Crippen molar-refractivity contribution in [2.24, 2.45) is 0 Å². The molecule has 0 fully saturated rings. The zero-order valence-electron chi connectivity index (χ0n) is 14.8. The molecule has 0 atom stereocenters. The lowest BCUT2D eigenvalue weighted by Crippen LogP contribution is -2.27. The molecule has 134 valence electrons. The summed E-state index contributed by atoms with van der Waals surface area (Å²) in [5.74, 6) is -1.22. The number of esters is 2. The first kappa shape index (κ1) is 19.5. The molecular weight excluding hydrogens is 350 g/mol. The summed E-state index contributed by atoms with van der Waals surface area (Å²) in [5, 5.41) is 9.21. The van der Waals surface area contributed by atoms with Crippen LogP contribution in [0, 0.1) is 11.3 Å². The number of benzene rings is 2. The summed E-state index contributed by atoms with van der Waals surface area (Å²) in [4.78, 5) is 25.5. The number of hydrogen-bond acceptors (Lipinski definition) is 6. The summed E-state index contributed by atoms with van der Waals surface area (Å²) in [6.45, 7) is 4.77. The van der Waals surface area contributed by atoms with Crippen LogP contribution >= 0.6 is 11.8 Å². The summed E-state index contributed by atoms with van der Waals surface area (Å²) in [6, 6.07) is 16.2. The van der Waals surface area contributed by atoms with Gasteiger partial charge in [0.2, 0.25) is 0 Å². The SMILES string of the molecule is CC(C)(C)OC(=O)COC(=O)c1ccccc1Sc1ccccc1C#N. The Kier molecular flexibility index (Phi) is 6.42. The summed E-state index contributed by atoms with van der Waals surface area (Å²) in [7, 11) is 0. The summed E-state index contributed by atoms with van der Waals surface area (Å²) in [5.41, 5.74) is 0.210. The Morgan fingerprint density at radius 2 is 1.65 bits per heavy atom. The lowest BCUT2D eigenvalue weighted by molar-refractivity contribution is -0.158. The van der Waals surface area contributed by atoms with Crippen molar-refractivity contribution < 1.29 is 19.1 Å². The third-order valence-corrected chi connectivity index (χ3v) is 4.23. The lowest BCUT2D eigenvalue weighted by atomic mass is 10.2. The topological polar surface area (TPSA) is 76.4 Å². The number of ether oxygens (including phenoxy) is 2. The molecule has 0 spiro atoms. The van der Waals surface area contributed by atoms with Crippen molar-refractivity contribution >= 4 is 23.7 Å². The molecule has 0 radical (unpaired) electrons. The number of carbonyl (C=O) groups is 2. The Hall–Kier alpha value is -2.78. The van der Waals surface area contributed by atoms with E-state index in [1.54, 1.807) is 57.2 Å². The van der Waals surface area contributed by atoms with Gasteiger partial charge in [-0.3, -0.25) is 0 Å². The number of hydrogen-bond donors (Lipinski definition) is 0. The minimum Gasteiger partial charge on any atom is -0.457 e. The Bertz CT molecular complexity index is 849. The summed E-state index contributed by atoms with van der Waals surface area (Å²) < 4.78 is 10.2. The molecule has 0 aliphatic rings. The van der Waals surface area contributed by atoms with E-state index in [2.05, 4.69) is 6.07 Å². The van der Waals surface area contributed by atoms with E-state index < -0.39 is 24.1 Å². The number of nitrogens with zero attached hydrogens (tertiary/aromatic N) is 1. The third-order valence-electron chi connectivity index (χ3n) is 3.08. The molecule has 0 bridgehead atoms. The number of rotatable bonds is 5. The number of carbonyl (C=O) groups excluding carboxylic acids is 2. The first-order valence-corrected chi connectivity index (χ1v) is 8.77.